The van der Waals surface area contributed by atoms with Gasteiger partial charge in [-0.3, -0.25) is 0 Å². The Morgan fingerprint density at radius 3 is 3.06 bits per heavy atom. The maximum Gasteiger partial charge on any atom is 0.183 e. The van der Waals surface area contributed by atoms with Gasteiger partial charge in [-0.15, -0.1) is 0 Å². The van der Waals surface area contributed by atoms with Gasteiger partial charge in [0.2, 0.25) is 0 Å². The SMILES string of the molecule is N#Cc1nccnc1N1CCCC(CCN)C1. The highest BCUT2D eigenvalue weighted by atomic mass is 15.2. The zero-order valence-corrected chi connectivity index (χ0v) is 9.84. The van der Waals surface area contributed by atoms with Gasteiger partial charge in [-0.2, -0.15) is 5.26 Å². The summed E-state index contributed by atoms with van der Waals surface area (Å²) in [7, 11) is 0. The summed E-state index contributed by atoms with van der Waals surface area (Å²) in [6.07, 6.45) is 6.59. The minimum atomic E-state index is 0.417. The van der Waals surface area contributed by atoms with Crippen molar-refractivity contribution in [2.75, 3.05) is 24.5 Å². The number of nitriles is 1. The van der Waals surface area contributed by atoms with Crippen LogP contribution >= 0.6 is 0 Å². The normalized spacial score (nSPS) is 20.0. The van der Waals surface area contributed by atoms with Gasteiger partial charge in [0.05, 0.1) is 0 Å². The van der Waals surface area contributed by atoms with Gasteiger partial charge in [0, 0.05) is 25.5 Å². The number of hydrogen-bond acceptors (Lipinski definition) is 5. The summed E-state index contributed by atoms with van der Waals surface area (Å²) in [5, 5.41) is 9.02. The summed E-state index contributed by atoms with van der Waals surface area (Å²) in [6.45, 7) is 2.61. The summed E-state index contributed by atoms with van der Waals surface area (Å²) in [6, 6.07) is 2.10. The number of aromatic nitrogens is 2. The Kier molecular flexibility index (Phi) is 3.89. The molecule has 2 rings (SSSR count). The Labute approximate surface area is 101 Å². The van der Waals surface area contributed by atoms with Gasteiger partial charge < -0.3 is 10.6 Å². The molecule has 5 nitrogen and oxygen atoms in total. The van der Waals surface area contributed by atoms with Crippen molar-refractivity contribution in [3.05, 3.63) is 18.1 Å². The van der Waals surface area contributed by atoms with Gasteiger partial charge in [0.1, 0.15) is 6.07 Å². The van der Waals surface area contributed by atoms with E-state index in [1.54, 1.807) is 12.4 Å². The van der Waals surface area contributed by atoms with Crippen LogP contribution in [0.2, 0.25) is 0 Å². The van der Waals surface area contributed by atoms with Gasteiger partial charge in [-0.1, -0.05) is 0 Å². The highest BCUT2D eigenvalue weighted by Gasteiger charge is 2.22. The molecule has 0 amide bonds. The first-order valence-corrected chi connectivity index (χ1v) is 6.01. The quantitative estimate of drug-likeness (QED) is 0.836. The van der Waals surface area contributed by atoms with Gasteiger partial charge in [-0.05, 0) is 31.7 Å². The smallest absolute Gasteiger partial charge is 0.183 e. The second-order valence-electron chi connectivity index (χ2n) is 4.37. The molecule has 1 fully saturated rings. The fourth-order valence-corrected chi connectivity index (χ4v) is 2.37. The van der Waals surface area contributed by atoms with Crippen LogP contribution in [0.15, 0.2) is 12.4 Å². The van der Waals surface area contributed by atoms with Gasteiger partial charge in [-0.25, -0.2) is 9.97 Å². The second-order valence-corrected chi connectivity index (χ2v) is 4.37. The Balaban J connectivity index is 2.14. The van der Waals surface area contributed by atoms with Crippen molar-refractivity contribution in [3.63, 3.8) is 0 Å². The van der Waals surface area contributed by atoms with Crippen molar-refractivity contribution in [2.24, 2.45) is 11.7 Å². The van der Waals surface area contributed by atoms with Gasteiger partial charge >= 0.3 is 0 Å². The molecule has 1 saturated heterocycles. The molecule has 0 spiro atoms. The Bertz CT molecular complexity index is 410. The topological polar surface area (TPSA) is 78.8 Å². The Morgan fingerprint density at radius 1 is 1.47 bits per heavy atom. The average Bonchev–Trinajstić information content (AvgIpc) is 2.39. The summed E-state index contributed by atoms with van der Waals surface area (Å²) in [5.41, 5.74) is 6.02. The van der Waals surface area contributed by atoms with Crippen LogP contribution in [0.1, 0.15) is 25.0 Å². The zero-order valence-electron chi connectivity index (χ0n) is 9.84. The predicted octanol–water partition coefficient (Wildman–Crippen LogP) is 0.913. The minimum Gasteiger partial charge on any atom is -0.354 e. The van der Waals surface area contributed by atoms with Crippen molar-refractivity contribution in [1.29, 1.82) is 5.26 Å². The van der Waals surface area contributed by atoms with Crippen LogP contribution in [0.3, 0.4) is 0 Å². The van der Waals surface area contributed by atoms with Crippen molar-refractivity contribution < 1.29 is 0 Å². The largest absolute Gasteiger partial charge is 0.354 e. The van der Waals surface area contributed by atoms with Crippen LogP contribution in [0, 0.1) is 17.2 Å². The second kappa shape index (κ2) is 5.60. The fraction of sp³-hybridized carbons (Fsp3) is 0.583. The highest BCUT2D eigenvalue weighted by Crippen LogP contribution is 2.24. The molecule has 90 valence electrons. The number of piperidine rings is 1. The first kappa shape index (κ1) is 11.8. The van der Waals surface area contributed by atoms with E-state index in [1.165, 1.54) is 6.42 Å². The molecule has 2 N–H and O–H groups in total. The van der Waals surface area contributed by atoms with E-state index in [0.29, 0.717) is 11.6 Å². The van der Waals surface area contributed by atoms with Crippen molar-refractivity contribution in [3.8, 4) is 6.07 Å². The number of hydrogen-bond donors (Lipinski definition) is 1. The molecule has 1 aromatic rings. The number of nitrogens with zero attached hydrogens (tertiary/aromatic N) is 4. The monoisotopic (exact) mass is 231 g/mol. The first-order chi connectivity index (χ1) is 8.35. The maximum atomic E-state index is 9.02. The molecule has 1 aliphatic heterocycles. The molecular weight excluding hydrogens is 214 g/mol. The highest BCUT2D eigenvalue weighted by molar-refractivity contribution is 5.49. The van der Waals surface area contributed by atoms with Crippen LogP contribution in [0.5, 0.6) is 0 Å². The lowest BCUT2D eigenvalue weighted by Crippen LogP contribution is -2.37. The van der Waals surface area contributed by atoms with Crippen LogP contribution in [0.25, 0.3) is 0 Å². The molecule has 1 unspecified atom stereocenters. The molecule has 2 heterocycles. The van der Waals surface area contributed by atoms with Crippen molar-refractivity contribution >= 4 is 5.82 Å². The molecule has 17 heavy (non-hydrogen) atoms. The Morgan fingerprint density at radius 2 is 2.29 bits per heavy atom. The Hall–Kier alpha value is -1.67. The van der Waals surface area contributed by atoms with Gasteiger partial charge in [0.15, 0.2) is 11.5 Å². The third-order valence-corrected chi connectivity index (χ3v) is 3.18. The van der Waals surface area contributed by atoms with E-state index in [9.17, 15) is 0 Å². The maximum absolute atomic E-state index is 9.02. The summed E-state index contributed by atoms with van der Waals surface area (Å²) in [5.74, 6) is 1.33. The zero-order chi connectivity index (χ0) is 12.1. The summed E-state index contributed by atoms with van der Waals surface area (Å²) < 4.78 is 0. The molecule has 1 aromatic heterocycles. The van der Waals surface area contributed by atoms with Crippen molar-refractivity contribution in [1.82, 2.24) is 9.97 Å². The summed E-state index contributed by atoms with van der Waals surface area (Å²) in [4.78, 5) is 10.5. The van der Waals surface area contributed by atoms with Crippen LogP contribution in [-0.4, -0.2) is 29.6 Å². The molecule has 0 aromatic carbocycles. The third-order valence-electron chi connectivity index (χ3n) is 3.18. The molecule has 5 heteroatoms. The van der Waals surface area contributed by atoms with E-state index in [0.717, 1.165) is 38.3 Å². The lowest BCUT2D eigenvalue weighted by atomic mass is 9.95. The number of rotatable bonds is 3. The summed E-state index contributed by atoms with van der Waals surface area (Å²) >= 11 is 0. The number of nitrogens with two attached hydrogens (primary N) is 1. The van der Waals surface area contributed by atoms with Crippen LogP contribution < -0.4 is 10.6 Å². The fourth-order valence-electron chi connectivity index (χ4n) is 2.37. The molecule has 0 radical (unpaired) electrons. The van der Waals surface area contributed by atoms with E-state index in [4.69, 9.17) is 11.0 Å². The molecule has 0 aliphatic carbocycles. The predicted molar refractivity (Wildman–Crippen MR) is 65.4 cm³/mol. The third kappa shape index (κ3) is 2.71. The van der Waals surface area contributed by atoms with E-state index in [2.05, 4.69) is 20.9 Å². The lowest BCUT2D eigenvalue weighted by Gasteiger charge is -2.33. The molecule has 0 saturated carbocycles. The molecule has 1 aliphatic rings. The molecule has 0 bridgehead atoms. The number of anilines is 1. The first-order valence-electron chi connectivity index (χ1n) is 6.01. The average molecular weight is 231 g/mol. The van der Waals surface area contributed by atoms with E-state index < -0.39 is 0 Å². The van der Waals surface area contributed by atoms with Crippen LogP contribution in [-0.2, 0) is 0 Å². The van der Waals surface area contributed by atoms with Gasteiger partial charge in [0.25, 0.3) is 0 Å². The van der Waals surface area contributed by atoms with E-state index >= 15 is 0 Å². The van der Waals surface area contributed by atoms with Crippen molar-refractivity contribution in [2.45, 2.75) is 19.3 Å². The van der Waals surface area contributed by atoms with E-state index in [1.807, 2.05) is 0 Å². The van der Waals surface area contributed by atoms with E-state index in [-0.39, 0.29) is 0 Å². The lowest BCUT2D eigenvalue weighted by molar-refractivity contribution is 0.394. The standard InChI is InChI=1S/C12H17N5/c13-4-3-10-2-1-7-17(9-10)12-11(8-14)15-5-6-16-12/h5-6,10H,1-4,7,9,13H2. The molecule has 1 atom stereocenters. The van der Waals surface area contributed by atoms with Crippen LogP contribution in [0.4, 0.5) is 5.82 Å². The minimum absolute atomic E-state index is 0.417. The molecular formula is C12H17N5.